The van der Waals surface area contributed by atoms with Crippen LogP contribution in [0.3, 0.4) is 0 Å². The minimum absolute atomic E-state index is 0.0354. The lowest BCUT2D eigenvalue weighted by Gasteiger charge is -2.20. The molecule has 0 aromatic carbocycles. The number of pyridine rings is 1. The second kappa shape index (κ2) is 5.33. The fourth-order valence-electron chi connectivity index (χ4n) is 1.20. The maximum atomic E-state index is 9.01. The molecule has 0 aliphatic carbocycles. The van der Waals surface area contributed by atoms with Crippen LogP contribution in [0.15, 0.2) is 12.3 Å². The standard InChI is InChI=1S/C11H16N4O/c1-7(6-16)8(2)15-11-9(4-12)3-10(13)5-14-11/h3,5,7-8,16H,6,13H2,1-2H3,(H,14,15). The summed E-state index contributed by atoms with van der Waals surface area (Å²) in [5.74, 6) is 0.593. The molecule has 86 valence electrons. The maximum absolute atomic E-state index is 9.01. The molecule has 2 atom stereocenters. The molecule has 2 unspecified atom stereocenters. The monoisotopic (exact) mass is 220 g/mol. The number of rotatable bonds is 4. The molecule has 16 heavy (non-hydrogen) atoms. The fraction of sp³-hybridized carbons (Fsp3) is 0.455. The summed E-state index contributed by atoms with van der Waals surface area (Å²) in [7, 11) is 0. The van der Waals surface area contributed by atoms with Crippen LogP contribution >= 0.6 is 0 Å². The number of nitrogen functional groups attached to an aromatic ring is 1. The number of nitrogens with one attached hydrogen (secondary N) is 1. The molecule has 5 heteroatoms. The van der Waals surface area contributed by atoms with Crippen LogP contribution in [-0.4, -0.2) is 22.7 Å². The number of nitrogens with two attached hydrogens (primary N) is 1. The van der Waals surface area contributed by atoms with Crippen LogP contribution in [0.4, 0.5) is 11.5 Å². The van der Waals surface area contributed by atoms with Gasteiger partial charge in [-0.3, -0.25) is 0 Å². The topological polar surface area (TPSA) is 95.0 Å². The van der Waals surface area contributed by atoms with Gasteiger partial charge in [0.2, 0.25) is 0 Å². The Balaban J connectivity index is 2.85. The van der Waals surface area contributed by atoms with Gasteiger partial charge in [0.1, 0.15) is 11.9 Å². The van der Waals surface area contributed by atoms with Gasteiger partial charge < -0.3 is 16.2 Å². The maximum Gasteiger partial charge on any atom is 0.144 e. The average molecular weight is 220 g/mol. The molecule has 1 aromatic heterocycles. The van der Waals surface area contributed by atoms with Gasteiger partial charge in [-0.2, -0.15) is 5.26 Å². The molecule has 0 saturated carbocycles. The second-order valence-electron chi connectivity index (χ2n) is 3.87. The van der Waals surface area contributed by atoms with E-state index in [-0.39, 0.29) is 18.6 Å². The first-order valence-corrected chi connectivity index (χ1v) is 5.11. The number of aromatic nitrogens is 1. The molecule has 0 fully saturated rings. The first kappa shape index (κ1) is 12.3. The van der Waals surface area contributed by atoms with Crippen LogP contribution in [0.5, 0.6) is 0 Å². The Labute approximate surface area is 94.9 Å². The van der Waals surface area contributed by atoms with Gasteiger partial charge >= 0.3 is 0 Å². The zero-order chi connectivity index (χ0) is 12.1. The van der Waals surface area contributed by atoms with E-state index in [0.29, 0.717) is 17.1 Å². The molecule has 0 radical (unpaired) electrons. The van der Waals surface area contributed by atoms with E-state index in [1.807, 2.05) is 19.9 Å². The van der Waals surface area contributed by atoms with Crippen LogP contribution < -0.4 is 11.1 Å². The number of nitriles is 1. The van der Waals surface area contributed by atoms with Crippen molar-refractivity contribution >= 4 is 11.5 Å². The van der Waals surface area contributed by atoms with E-state index >= 15 is 0 Å². The van der Waals surface area contributed by atoms with E-state index in [4.69, 9.17) is 16.1 Å². The van der Waals surface area contributed by atoms with Gasteiger partial charge in [-0.15, -0.1) is 0 Å². The lowest BCUT2D eigenvalue weighted by atomic mass is 10.1. The van der Waals surface area contributed by atoms with Crippen molar-refractivity contribution in [3.05, 3.63) is 17.8 Å². The zero-order valence-electron chi connectivity index (χ0n) is 9.44. The van der Waals surface area contributed by atoms with Crippen molar-refractivity contribution < 1.29 is 5.11 Å². The van der Waals surface area contributed by atoms with Gasteiger partial charge in [0.05, 0.1) is 17.4 Å². The van der Waals surface area contributed by atoms with Gasteiger partial charge in [-0.25, -0.2) is 4.98 Å². The van der Waals surface area contributed by atoms with Crippen molar-refractivity contribution in [2.45, 2.75) is 19.9 Å². The van der Waals surface area contributed by atoms with Gasteiger partial charge in [-0.05, 0) is 18.9 Å². The Bertz CT molecular complexity index is 399. The van der Waals surface area contributed by atoms with Crippen LogP contribution in [0.2, 0.25) is 0 Å². The molecule has 0 spiro atoms. The molecule has 4 N–H and O–H groups in total. The van der Waals surface area contributed by atoms with Crippen molar-refractivity contribution in [2.24, 2.45) is 5.92 Å². The van der Waals surface area contributed by atoms with Gasteiger partial charge in [0.25, 0.3) is 0 Å². The molecule has 1 heterocycles. The Morgan fingerprint density at radius 2 is 2.31 bits per heavy atom. The fourth-order valence-corrected chi connectivity index (χ4v) is 1.20. The second-order valence-corrected chi connectivity index (χ2v) is 3.87. The minimum atomic E-state index is 0.0354. The van der Waals surface area contributed by atoms with Crippen molar-refractivity contribution in [3.8, 4) is 6.07 Å². The number of aliphatic hydroxyl groups is 1. The molecule has 0 saturated heterocycles. The summed E-state index contributed by atoms with van der Waals surface area (Å²) in [4.78, 5) is 4.07. The highest BCUT2D eigenvalue weighted by atomic mass is 16.3. The SMILES string of the molecule is CC(CO)C(C)Nc1ncc(N)cc1C#N. The highest BCUT2D eigenvalue weighted by Gasteiger charge is 2.13. The third-order valence-corrected chi connectivity index (χ3v) is 2.54. The Hall–Kier alpha value is -1.80. The van der Waals surface area contributed by atoms with Crippen molar-refractivity contribution in [1.29, 1.82) is 5.26 Å². The van der Waals surface area contributed by atoms with Crippen molar-refractivity contribution in [1.82, 2.24) is 4.98 Å². The molecule has 5 nitrogen and oxygen atoms in total. The smallest absolute Gasteiger partial charge is 0.144 e. The van der Waals surface area contributed by atoms with E-state index in [2.05, 4.69) is 10.3 Å². The Morgan fingerprint density at radius 3 is 2.88 bits per heavy atom. The van der Waals surface area contributed by atoms with Crippen molar-refractivity contribution in [3.63, 3.8) is 0 Å². The summed E-state index contributed by atoms with van der Waals surface area (Å²) >= 11 is 0. The molecule has 0 aliphatic rings. The minimum Gasteiger partial charge on any atom is -0.397 e. The number of nitrogens with zero attached hydrogens (tertiary/aromatic N) is 2. The largest absolute Gasteiger partial charge is 0.397 e. The van der Waals surface area contributed by atoms with E-state index in [1.54, 1.807) is 6.07 Å². The van der Waals surface area contributed by atoms with Gasteiger partial charge in [0.15, 0.2) is 0 Å². The average Bonchev–Trinajstić information content (AvgIpc) is 2.30. The molecule has 0 amide bonds. The summed E-state index contributed by atoms with van der Waals surface area (Å²) in [6.45, 7) is 3.94. The van der Waals surface area contributed by atoms with Crippen LogP contribution in [0.25, 0.3) is 0 Å². The molecule has 1 rings (SSSR count). The summed E-state index contributed by atoms with van der Waals surface area (Å²) in [6, 6.07) is 3.64. The highest BCUT2D eigenvalue weighted by molar-refractivity contribution is 5.57. The summed E-state index contributed by atoms with van der Waals surface area (Å²) in [5, 5.41) is 21.0. The molecule has 0 aliphatic heterocycles. The highest BCUT2D eigenvalue weighted by Crippen LogP contribution is 2.17. The summed E-state index contributed by atoms with van der Waals surface area (Å²) in [6.07, 6.45) is 1.50. The predicted molar refractivity (Wildman–Crippen MR) is 62.7 cm³/mol. The normalized spacial score (nSPS) is 13.9. The van der Waals surface area contributed by atoms with Gasteiger partial charge in [0, 0.05) is 12.6 Å². The Morgan fingerprint density at radius 1 is 1.62 bits per heavy atom. The number of hydrogen-bond donors (Lipinski definition) is 3. The third-order valence-electron chi connectivity index (χ3n) is 2.54. The lowest BCUT2D eigenvalue weighted by Crippen LogP contribution is -2.27. The number of aliphatic hydroxyl groups excluding tert-OH is 1. The quantitative estimate of drug-likeness (QED) is 0.702. The van der Waals surface area contributed by atoms with Gasteiger partial charge in [-0.1, -0.05) is 6.92 Å². The van der Waals surface area contributed by atoms with Crippen LogP contribution in [-0.2, 0) is 0 Å². The number of anilines is 2. The number of hydrogen-bond acceptors (Lipinski definition) is 5. The third kappa shape index (κ3) is 2.84. The summed E-state index contributed by atoms with van der Waals surface area (Å²) < 4.78 is 0. The lowest BCUT2D eigenvalue weighted by molar-refractivity contribution is 0.226. The summed E-state index contributed by atoms with van der Waals surface area (Å²) in [5.41, 5.74) is 6.42. The first-order valence-electron chi connectivity index (χ1n) is 5.11. The molecular weight excluding hydrogens is 204 g/mol. The predicted octanol–water partition coefficient (Wildman–Crippen LogP) is 0.964. The molecular formula is C11H16N4O. The van der Waals surface area contributed by atoms with Crippen LogP contribution in [0.1, 0.15) is 19.4 Å². The molecule has 0 bridgehead atoms. The van der Waals surface area contributed by atoms with E-state index in [1.165, 1.54) is 6.20 Å². The molecule has 1 aromatic rings. The van der Waals surface area contributed by atoms with E-state index in [0.717, 1.165) is 0 Å². The Kier molecular flexibility index (Phi) is 4.09. The van der Waals surface area contributed by atoms with Crippen LogP contribution in [0, 0.1) is 17.2 Å². The van der Waals surface area contributed by atoms with E-state index in [9.17, 15) is 0 Å². The van der Waals surface area contributed by atoms with Crippen molar-refractivity contribution in [2.75, 3.05) is 17.7 Å². The van der Waals surface area contributed by atoms with E-state index < -0.39 is 0 Å². The zero-order valence-corrected chi connectivity index (χ0v) is 9.44. The first-order chi connectivity index (χ1) is 7.58.